The van der Waals surface area contributed by atoms with Gasteiger partial charge in [0.1, 0.15) is 16.9 Å². The summed E-state index contributed by atoms with van der Waals surface area (Å²) in [6.07, 6.45) is 1.98. The van der Waals surface area contributed by atoms with Gasteiger partial charge in [0.15, 0.2) is 5.69 Å². The highest BCUT2D eigenvalue weighted by Gasteiger charge is 2.15. The Kier molecular flexibility index (Phi) is 1.77. The number of nitrogens with zero attached hydrogens (tertiary/aromatic N) is 2. The number of aryl methyl sites for hydroxylation is 2. The van der Waals surface area contributed by atoms with Crippen LogP contribution in [0.5, 0.6) is 0 Å². The monoisotopic (exact) mass is 199 g/mol. The van der Waals surface area contributed by atoms with Crippen molar-refractivity contribution >= 4 is 27.9 Å². The second-order valence-electron chi connectivity index (χ2n) is 2.65. The highest BCUT2D eigenvalue weighted by atomic mass is 35.5. The van der Waals surface area contributed by atoms with Crippen LogP contribution < -0.4 is 4.40 Å². The topological polar surface area (TPSA) is 17.0 Å². The van der Waals surface area contributed by atoms with E-state index in [0.29, 0.717) is 0 Å². The maximum atomic E-state index is 6.03. The van der Waals surface area contributed by atoms with E-state index in [4.69, 9.17) is 11.6 Å². The summed E-state index contributed by atoms with van der Waals surface area (Å²) in [5.74, 6) is 0. The third-order valence-corrected chi connectivity index (χ3v) is 3.15. The van der Waals surface area contributed by atoms with Crippen molar-refractivity contribution in [3.8, 4) is 0 Å². The first-order valence-electron chi connectivity index (χ1n) is 3.61. The first-order chi connectivity index (χ1) is 5.70. The van der Waals surface area contributed by atoms with E-state index >= 15 is 0 Å². The van der Waals surface area contributed by atoms with Crippen molar-refractivity contribution in [3.05, 3.63) is 28.0 Å². The second kappa shape index (κ2) is 2.68. The Morgan fingerprint density at radius 1 is 1.50 bits per heavy atom. The van der Waals surface area contributed by atoms with Crippen LogP contribution in [0.25, 0.3) is 4.96 Å². The molecule has 2 nitrogen and oxygen atoms in total. The molecule has 0 bridgehead atoms. The van der Waals surface area contributed by atoms with Crippen molar-refractivity contribution in [2.75, 3.05) is 0 Å². The summed E-state index contributed by atoms with van der Waals surface area (Å²) < 4.78 is 2.00. The van der Waals surface area contributed by atoms with Crippen LogP contribution in [-0.2, 0) is 0 Å². The summed E-state index contributed by atoms with van der Waals surface area (Å²) in [6, 6.07) is 0. The van der Waals surface area contributed by atoms with Gasteiger partial charge in [-0.2, -0.15) is 4.40 Å². The Morgan fingerprint density at radius 3 is 3.00 bits per heavy atom. The van der Waals surface area contributed by atoms with E-state index in [1.807, 2.05) is 29.8 Å². The lowest BCUT2D eigenvalue weighted by molar-refractivity contribution is -0.517. The van der Waals surface area contributed by atoms with Gasteiger partial charge >= 0.3 is 4.96 Å². The lowest BCUT2D eigenvalue weighted by Crippen LogP contribution is -2.24. The van der Waals surface area contributed by atoms with Crippen LogP contribution in [0.4, 0.5) is 0 Å². The van der Waals surface area contributed by atoms with E-state index in [0.717, 1.165) is 21.4 Å². The number of halogens is 1. The molecule has 0 aliphatic rings. The van der Waals surface area contributed by atoms with Gasteiger partial charge in [-0.05, 0) is 11.9 Å². The van der Waals surface area contributed by atoms with E-state index in [2.05, 4.69) is 4.98 Å². The predicted octanol–water partition coefficient (Wildman–Crippen LogP) is 2.15. The van der Waals surface area contributed by atoms with Crippen molar-refractivity contribution < 1.29 is 4.40 Å². The molecule has 0 spiro atoms. The molecule has 0 atom stereocenters. The van der Waals surface area contributed by atoms with Gasteiger partial charge < -0.3 is 0 Å². The molecule has 0 amide bonds. The largest absolute Gasteiger partial charge is 0.387 e. The van der Waals surface area contributed by atoms with Crippen molar-refractivity contribution in [1.82, 2.24) is 4.98 Å². The number of fused-ring (bicyclic) bond motifs is 1. The van der Waals surface area contributed by atoms with Crippen LogP contribution in [0, 0.1) is 13.8 Å². The first-order valence-corrected chi connectivity index (χ1v) is 4.87. The average molecular weight is 200 g/mol. The summed E-state index contributed by atoms with van der Waals surface area (Å²) >= 11 is 7.65. The lowest BCUT2D eigenvalue weighted by Gasteiger charge is -1.94. The summed E-state index contributed by atoms with van der Waals surface area (Å²) in [5.41, 5.74) is 1.96. The number of thiazole rings is 1. The van der Waals surface area contributed by atoms with Gasteiger partial charge in [0.25, 0.3) is 0 Å². The Bertz CT molecular complexity index is 436. The van der Waals surface area contributed by atoms with Gasteiger partial charge in [-0.15, -0.1) is 0 Å². The van der Waals surface area contributed by atoms with Crippen LogP contribution in [0.3, 0.4) is 0 Å². The summed E-state index contributed by atoms with van der Waals surface area (Å²) in [7, 11) is 0. The molecule has 2 aromatic rings. The Labute approximate surface area is 79.5 Å². The van der Waals surface area contributed by atoms with E-state index in [1.165, 1.54) is 0 Å². The van der Waals surface area contributed by atoms with E-state index in [1.54, 1.807) is 11.3 Å². The van der Waals surface area contributed by atoms with Crippen LogP contribution in [0.1, 0.15) is 11.4 Å². The smallest absolute Gasteiger partial charge is 0.189 e. The molecule has 0 aromatic carbocycles. The van der Waals surface area contributed by atoms with Crippen LogP contribution in [0.15, 0.2) is 11.6 Å². The SMILES string of the molecule is Cc1nc2scc[n+]2c(C)c1Cl. The number of hydrogen-bond donors (Lipinski definition) is 0. The summed E-state index contributed by atoms with van der Waals surface area (Å²) in [5, 5.41) is 2.76. The van der Waals surface area contributed by atoms with Crippen LogP contribution in [0.2, 0.25) is 5.02 Å². The molecule has 2 heterocycles. The lowest BCUT2D eigenvalue weighted by atomic mass is 10.3. The van der Waals surface area contributed by atoms with Crippen LogP contribution in [-0.4, -0.2) is 4.98 Å². The van der Waals surface area contributed by atoms with Gasteiger partial charge in [-0.25, -0.2) is 0 Å². The number of hydrogen-bond acceptors (Lipinski definition) is 2. The van der Waals surface area contributed by atoms with E-state index in [9.17, 15) is 0 Å². The Balaban J connectivity index is 2.94. The number of rotatable bonds is 0. The summed E-state index contributed by atoms with van der Waals surface area (Å²) in [4.78, 5) is 5.34. The minimum atomic E-state index is 0.755. The molecule has 0 radical (unpaired) electrons. The van der Waals surface area contributed by atoms with E-state index < -0.39 is 0 Å². The molecule has 62 valence electrons. The van der Waals surface area contributed by atoms with Gasteiger partial charge in [-0.1, -0.05) is 22.9 Å². The molecule has 12 heavy (non-hydrogen) atoms. The molecule has 2 aromatic heterocycles. The maximum absolute atomic E-state index is 6.03. The average Bonchev–Trinajstić information content (AvgIpc) is 2.48. The second-order valence-corrected chi connectivity index (χ2v) is 3.90. The van der Waals surface area contributed by atoms with Gasteiger partial charge in [-0.3, -0.25) is 0 Å². The predicted molar refractivity (Wildman–Crippen MR) is 49.8 cm³/mol. The van der Waals surface area contributed by atoms with Gasteiger partial charge in [0.2, 0.25) is 0 Å². The van der Waals surface area contributed by atoms with Crippen molar-refractivity contribution in [3.63, 3.8) is 0 Å². The minimum Gasteiger partial charge on any atom is -0.189 e. The third-order valence-electron chi connectivity index (χ3n) is 1.85. The van der Waals surface area contributed by atoms with Crippen molar-refractivity contribution in [1.29, 1.82) is 0 Å². The fraction of sp³-hybridized carbons (Fsp3) is 0.250. The molecular formula is C8H8ClN2S+. The maximum Gasteiger partial charge on any atom is 0.387 e. The van der Waals surface area contributed by atoms with Crippen LogP contribution >= 0.6 is 22.9 Å². The molecule has 0 saturated carbocycles. The molecule has 0 saturated heterocycles. The molecular weight excluding hydrogens is 192 g/mol. The Morgan fingerprint density at radius 2 is 2.25 bits per heavy atom. The zero-order valence-corrected chi connectivity index (χ0v) is 8.41. The zero-order chi connectivity index (χ0) is 8.72. The molecule has 0 aliphatic carbocycles. The molecule has 0 unspecified atom stereocenters. The standard InChI is InChI=1S/C8H8ClN2S/c1-5-7(9)6(2)11-3-4-12-8(11)10-5/h3-4H,1-2H3/q+1. The first kappa shape index (κ1) is 7.95. The summed E-state index contributed by atoms with van der Waals surface area (Å²) in [6.45, 7) is 3.92. The fourth-order valence-electron chi connectivity index (χ4n) is 1.17. The minimum absolute atomic E-state index is 0.755. The quantitative estimate of drug-likeness (QED) is 0.595. The fourth-order valence-corrected chi connectivity index (χ4v) is 2.11. The Hall–Kier alpha value is -0.670. The number of aromatic nitrogens is 2. The normalized spacial score (nSPS) is 10.9. The molecule has 0 fully saturated rings. The van der Waals surface area contributed by atoms with Crippen molar-refractivity contribution in [2.45, 2.75) is 13.8 Å². The van der Waals surface area contributed by atoms with E-state index in [-0.39, 0.29) is 0 Å². The molecule has 0 aliphatic heterocycles. The highest BCUT2D eigenvalue weighted by molar-refractivity contribution is 7.14. The molecule has 0 N–H and O–H groups in total. The molecule has 2 rings (SSSR count). The zero-order valence-electron chi connectivity index (χ0n) is 6.84. The molecule has 4 heteroatoms. The van der Waals surface area contributed by atoms with Gasteiger partial charge in [0, 0.05) is 12.3 Å². The third kappa shape index (κ3) is 1.01. The van der Waals surface area contributed by atoms with Gasteiger partial charge in [0.05, 0.1) is 0 Å². The van der Waals surface area contributed by atoms with Crippen molar-refractivity contribution in [2.24, 2.45) is 0 Å². The highest BCUT2D eigenvalue weighted by Crippen LogP contribution is 2.16.